The number of carbonyl (C=O) groups is 1. The number of rotatable bonds is 4. The number of carbonyl (C=O) groups excluding carboxylic acids is 1. The highest BCUT2D eigenvalue weighted by molar-refractivity contribution is 7.87. The number of alkyl halides is 2. The summed E-state index contributed by atoms with van der Waals surface area (Å²) in [5.74, 6) is -3.42. The van der Waals surface area contributed by atoms with E-state index in [1.165, 1.54) is 0 Å². The number of hydrogen-bond acceptors (Lipinski definition) is 4. The summed E-state index contributed by atoms with van der Waals surface area (Å²) >= 11 is 5.98. The minimum absolute atomic E-state index is 0. The number of piperidine rings is 1. The quantitative estimate of drug-likeness (QED) is 0.656. The van der Waals surface area contributed by atoms with E-state index in [2.05, 4.69) is 5.10 Å². The van der Waals surface area contributed by atoms with Gasteiger partial charge in [-0.25, -0.2) is 23.3 Å². The fraction of sp³-hybridized carbons (Fsp3) is 0.333. The average Bonchev–Trinajstić information content (AvgIpc) is 3.20. The highest BCUT2D eigenvalue weighted by Crippen LogP contribution is 2.30. The van der Waals surface area contributed by atoms with Gasteiger partial charge < -0.3 is 0 Å². The predicted octanol–water partition coefficient (Wildman–Crippen LogP) is 4.25. The third kappa shape index (κ3) is 5.81. The van der Waals surface area contributed by atoms with Crippen LogP contribution < -0.4 is 4.72 Å². The topological polar surface area (TPSA) is 82.1 Å². The second kappa shape index (κ2) is 9.92. The zero-order valence-corrected chi connectivity index (χ0v) is 19.7. The largest absolute Gasteiger partial charge is 0.352 e. The molecule has 0 aliphatic carbocycles. The molecule has 0 bridgehead atoms. The van der Waals surface area contributed by atoms with Crippen LogP contribution in [0.1, 0.15) is 29.9 Å². The van der Waals surface area contributed by atoms with E-state index in [4.69, 9.17) is 11.6 Å². The smallest absolute Gasteiger partial charge is 0.245 e. The summed E-state index contributed by atoms with van der Waals surface area (Å²) in [4.78, 5) is 12.8. The molecule has 7 nitrogen and oxygen atoms in total. The standard InChI is InChI=1S/C21H21ClF2N4O3S.ClH/c22-17-9-7-16(8-10-17)19-18(15-5-2-1-3-6-15)13-28(25-19)20(29)26-32(30,31)27-12-4-11-21(23,24)14-27;/h1-3,5-10,18H,4,11-14H2,(H,26,29);1H/t18-;/m1./s1. The molecule has 0 saturated carbocycles. The lowest BCUT2D eigenvalue weighted by Crippen LogP contribution is -2.52. The first-order valence-electron chi connectivity index (χ1n) is 10.0. The van der Waals surface area contributed by atoms with Crippen molar-refractivity contribution in [2.75, 3.05) is 19.6 Å². The highest BCUT2D eigenvalue weighted by Gasteiger charge is 2.41. The number of benzene rings is 2. The fourth-order valence-corrected chi connectivity index (χ4v) is 5.13. The number of urea groups is 1. The zero-order chi connectivity index (χ0) is 22.9. The van der Waals surface area contributed by atoms with Crippen molar-refractivity contribution in [1.82, 2.24) is 14.0 Å². The lowest BCUT2D eigenvalue weighted by atomic mass is 9.91. The Morgan fingerprint density at radius 3 is 2.42 bits per heavy atom. The Bertz CT molecular complexity index is 1130. The summed E-state index contributed by atoms with van der Waals surface area (Å²) < 4.78 is 54.9. The van der Waals surface area contributed by atoms with Gasteiger partial charge in [0.15, 0.2) is 0 Å². The van der Waals surface area contributed by atoms with Gasteiger partial charge in [0.05, 0.1) is 18.8 Å². The van der Waals surface area contributed by atoms with E-state index < -0.39 is 28.7 Å². The second-order valence-corrected chi connectivity index (χ2v) is 9.85. The maximum Gasteiger partial charge on any atom is 0.352 e. The van der Waals surface area contributed by atoms with E-state index >= 15 is 0 Å². The van der Waals surface area contributed by atoms with Crippen LogP contribution >= 0.6 is 24.0 Å². The van der Waals surface area contributed by atoms with E-state index in [1.54, 1.807) is 24.3 Å². The highest BCUT2D eigenvalue weighted by atomic mass is 35.5. The van der Waals surface area contributed by atoms with Crippen molar-refractivity contribution in [2.45, 2.75) is 24.7 Å². The van der Waals surface area contributed by atoms with Crippen molar-refractivity contribution in [3.8, 4) is 0 Å². The molecule has 0 unspecified atom stereocenters. The Labute approximate surface area is 202 Å². The molecule has 4 rings (SSSR count). The molecule has 2 aromatic rings. The molecule has 2 aliphatic rings. The molecule has 2 heterocycles. The summed E-state index contributed by atoms with van der Waals surface area (Å²) in [7, 11) is -4.44. The first kappa shape index (κ1) is 25.4. The zero-order valence-electron chi connectivity index (χ0n) is 17.3. The fourth-order valence-electron chi connectivity index (χ4n) is 3.82. The number of hydrogen-bond donors (Lipinski definition) is 1. The molecule has 12 heteroatoms. The Balaban J connectivity index is 0.00000306. The Morgan fingerprint density at radius 1 is 1.12 bits per heavy atom. The molecular weight excluding hydrogens is 497 g/mol. The van der Waals surface area contributed by atoms with Gasteiger partial charge in [-0.3, -0.25) is 0 Å². The minimum Gasteiger partial charge on any atom is -0.245 e. The van der Waals surface area contributed by atoms with E-state index in [9.17, 15) is 22.0 Å². The monoisotopic (exact) mass is 518 g/mol. The van der Waals surface area contributed by atoms with E-state index in [0.717, 1.165) is 16.1 Å². The van der Waals surface area contributed by atoms with Gasteiger partial charge in [0.2, 0.25) is 0 Å². The third-order valence-electron chi connectivity index (χ3n) is 5.40. The average molecular weight is 519 g/mol. The normalized spacial score (nSPS) is 20.6. The molecule has 1 fully saturated rings. The van der Waals surface area contributed by atoms with E-state index in [1.807, 2.05) is 35.1 Å². The van der Waals surface area contributed by atoms with Crippen LogP contribution in [0.4, 0.5) is 13.6 Å². The molecular formula is C21H22Cl2F2N4O3S. The van der Waals surface area contributed by atoms with Gasteiger partial charge in [-0.2, -0.15) is 17.8 Å². The molecule has 2 aliphatic heterocycles. The van der Waals surface area contributed by atoms with Crippen molar-refractivity contribution in [3.05, 3.63) is 70.7 Å². The molecule has 2 amide bonds. The predicted molar refractivity (Wildman–Crippen MR) is 124 cm³/mol. The van der Waals surface area contributed by atoms with Crippen LogP contribution in [0.15, 0.2) is 59.7 Å². The van der Waals surface area contributed by atoms with Crippen molar-refractivity contribution < 1.29 is 22.0 Å². The summed E-state index contributed by atoms with van der Waals surface area (Å²) in [6.45, 7) is -0.939. The molecule has 178 valence electrons. The van der Waals surface area contributed by atoms with E-state index in [-0.39, 0.29) is 44.3 Å². The van der Waals surface area contributed by atoms with Crippen LogP contribution in [0, 0.1) is 0 Å². The van der Waals surface area contributed by atoms with Crippen molar-refractivity contribution in [2.24, 2.45) is 5.10 Å². The number of nitrogens with zero attached hydrogens (tertiary/aromatic N) is 3. The molecule has 0 spiro atoms. The molecule has 0 aromatic heterocycles. The lowest BCUT2D eigenvalue weighted by molar-refractivity contribution is -0.0436. The van der Waals surface area contributed by atoms with Crippen LogP contribution in [-0.4, -0.2) is 55.0 Å². The summed E-state index contributed by atoms with van der Waals surface area (Å²) in [5, 5.41) is 5.93. The van der Waals surface area contributed by atoms with Gasteiger partial charge in [-0.05, 0) is 29.7 Å². The van der Waals surface area contributed by atoms with Gasteiger partial charge in [0, 0.05) is 23.9 Å². The molecule has 33 heavy (non-hydrogen) atoms. The first-order valence-corrected chi connectivity index (χ1v) is 11.8. The van der Waals surface area contributed by atoms with Crippen LogP contribution in [0.2, 0.25) is 5.02 Å². The molecule has 1 N–H and O–H groups in total. The van der Waals surface area contributed by atoms with E-state index in [0.29, 0.717) is 15.0 Å². The maximum absolute atomic E-state index is 13.7. The van der Waals surface area contributed by atoms with Crippen molar-refractivity contribution in [3.63, 3.8) is 0 Å². The van der Waals surface area contributed by atoms with Gasteiger partial charge in [0.25, 0.3) is 5.92 Å². The van der Waals surface area contributed by atoms with Gasteiger partial charge in [-0.15, -0.1) is 12.4 Å². The number of hydrazone groups is 1. The number of amides is 2. The van der Waals surface area contributed by atoms with Gasteiger partial charge in [0.1, 0.15) is 0 Å². The number of nitrogens with one attached hydrogen (secondary N) is 1. The van der Waals surface area contributed by atoms with Gasteiger partial charge in [-0.1, -0.05) is 54.1 Å². The molecule has 2 aromatic carbocycles. The summed E-state index contributed by atoms with van der Waals surface area (Å²) in [6.07, 6.45) is -0.368. The van der Waals surface area contributed by atoms with Gasteiger partial charge >= 0.3 is 16.2 Å². The second-order valence-electron chi connectivity index (χ2n) is 7.74. The Hall–Kier alpha value is -2.27. The van der Waals surface area contributed by atoms with Crippen LogP contribution in [0.5, 0.6) is 0 Å². The molecule has 1 saturated heterocycles. The van der Waals surface area contributed by atoms with Crippen LogP contribution in [0.25, 0.3) is 0 Å². The van der Waals surface area contributed by atoms with Crippen molar-refractivity contribution >= 4 is 46.0 Å². The molecule has 1 atom stereocenters. The third-order valence-corrected chi connectivity index (χ3v) is 7.08. The maximum atomic E-state index is 13.7. The molecule has 0 radical (unpaired) electrons. The Morgan fingerprint density at radius 2 is 1.79 bits per heavy atom. The van der Waals surface area contributed by atoms with Crippen molar-refractivity contribution in [1.29, 1.82) is 0 Å². The number of halogens is 4. The summed E-state index contributed by atoms with van der Waals surface area (Å²) in [6, 6.07) is 15.3. The Kier molecular flexibility index (Phi) is 7.62. The van der Waals surface area contributed by atoms with Crippen LogP contribution in [0.3, 0.4) is 0 Å². The summed E-state index contributed by atoms with van der Waals surface area (Å²) in [5.41, 5.74) is 2.21. The SMILES string of the molecule is Cl.O=C(NS(=O)(=O)N1CCCC(F)(F)C1)N1C[C@H](c2ccccc2)C(c2ccc(Cl)cc2)=N1. The first-order chi connectivity index (χ1) is 15.1. The minimum atomic E-state index is -4.44. The van der Waals surface area contributed by atoms with Crippen LogP contribution in [-0.2, 0) is 10.2 Å². The lowest BCUT2D eigenvalue weighted by Gasteiger charge is -2.31.